The zero-order chi connectivity index (χ0) is 23.5. The Hall–Kier alpha value is -4.06. The molecule has 5 rings (SSSR count). The Labute approximate surface area is 197 Å². The lowest BCUT2D eigenvalue weighted by Crippen LogP contribution is -2.23. The summed E-state index contributed by atoms with van der Waals surface area (Å²) in [6.45, 7) is 0. The molecule has 1 saturated carbocycles. The van der Waals surface area contributed by atoms with E-state index in [4.69, 9.17) is 20.6 Å². The lowest BCUT2D eigenvalue weighted by Gasteiger charge is -2.23. The molecule has 1 aliphatic rings. The molecule has 13 heteroatoms. The molecule has 0 bridgehead atoms. The van der Waals surface area contributed by atoms with Gasteiger partial charge in [-0.15, -0.1) is 0 Å². The summed E-state index contributed by atoms with van der Waals surface area (Å²) < 4.78 is 10.5. The van der Waals surface area contributed by atoms with Crippen LogP contribution in [0.15, 0.2) is 44.5 Å². The number of aromatic nitrogens is 4. The van der Waals surface area contributed by atoms with Crippen molar-refractivity contribution in [1.82, 2.24) is 20.3 Å². The van der Waals surface area contributed by atoms with Gasteiger partial charge >= 0.3 is 0 Å². The maximum Gasteiger partial charge on any atom is 0.270 e. The Morgan fingerprint density at radius 3 is 2.62 bits per heavy atom. The van der Waals surface area contributed by atoms with Gasteiger partial charge < -0.3 is 9.73 Å². The van der Waals surface area contributed by atoms with E-state index in [1.54, 1.807) is 12.1 Å². The number of hydrogen-bond acceptors (Lipinski definition) is 11. The van der Waals surface area contributed by atoms with Crippen LogP contribution in [0.1, 0.15) is 37.9 Å². The molecule has 2 N–H and O–H groups in total. The number of fused-ring (bicyclic) bond motifs is 1. The third kappa shape index (κ3) is 4.66. The van der Waals surface area contributed by atoms with Crippen LogP contribution in [0.5, 0.6) is 0 Å². The van der Waals surface area contributed by atoms with E-state index in [-0.39, 0.29) is 17.4 Å². The number of nitro benzene ring substituents is 1. The number of halogens is 1. The third-order valence-corrected chi connectivity index (χ3v) is 5.81. The van der Waals surface area contributed by atoms with Crippen LogP contribution in [-0.4, -0.2) is 37.5 Å². The van der Waals surface area contributed by atoms with Crippen molar-refractivity contribution in [2.75, 3.05) is 10.7 Å². The van der Waals surface area contributed by atoms with Gasteiger partial charge in [0.15, 0.2) is 11.6 Å². The van der Waals surface area contributed by atoms with Gasteiger partial charge in [-0.3, -0.25) is 15.5 Å². The molecular weight excluding hydrogens is 464 g/mol. The summed E-state index contributed by atoms with van der Waals surface area (Å²) in [6, 6.07) is 7.78. The van der Waals surface area contributed by atoms with Gasteiger partial charge in [-0.1, -0.05) is 30.9 Å². The number of nitrogens with zero attached hydrogens (tertiary/aromatic N) is 6. The number of nitrogens with one attached hydrogen (secondary N) is 2. The number of hydrogen-bond donors (Lipinski definition) is 2. The summed E-state index contributed by atoms with van der Waals surface area (Å²) in [7, 11) is 0. The molecule has 0 aliphatic heterocycles. The lowest BCUT2D eigenvalue weighted by molar-refractivity contribution is -0.384. The van der Waals surface area contributed by atoms with Crippen molar-refractivity contribution in [3.63, 3.8) is 0 Å². The van der Waals surface area contributed by atoms with E-state index in [2.05, 4.69) is 36.1 Å². The largest absolute Gasteiger partial charge is 0.455 e. The van der Waals surface area contributed by atoms with Crippen LogP contribution in [0.4, 0.5) is 17.3 Å². The summed E-state index contributed by atoms with van der Waals surface area (Å²) in [4.78, 5) is 19.4. The molecule has 1 aromatic carbocycles. The quantitative estimate of drug-likeness (QED) is 0.208. The minimum atomic E-state index is -0.490. The molecule has 3 heterocycles. The number of non-ortho nitro benzene ring substituents is 1. The normalized spacial score (nSPS) is 14.6. The highest BCUT2D eigenvalue weighted by atomic mass is 35.5. The molecule has 3 aromatic heterocycles. The predicted octanol–water partition coefficient (Wildman–Crippen LogP) is 5.03. The van der Waals surface area contributed by atoms with Gasteiger partial charge in [-0.25, -0.2) is 9.61 Å². The standard InChI is InChI=1S/C21H19ClN8O4/c22-16-8-6-13(30(31)32)10-15(16)17-9-7-14(33-17)11-23-27-19-18(24-12-4-2-1-3-5-12)25-20-21(26-19)29-34-28-20/h6-12H,1-5H2,(H,24,25,28)(H,26,27,29)/b23-11+. The predicted molar refractivity (Wildman–Crippen MR) is 125 cm³/mol. The molecule has 1 fully saturated rings. The average molecular weight is 483 g/mol. The van der Waals surface area contributed by atoms with E-state index in [1.807, 2.05) is 0 Å². The van der Waals surface area contributed by atoms with Gasteiger partial charge in [0.2, 0.25) is 11.3 Å². The Kier molecular flexibility index (Phi) is 6.04. The zero-order valence-corrected chi connectivity index (χ0v) is 18.5. The molecular formula is C21H19ClN8O4. The Bertz CT molecular complexity index is 1360. The first-order chi connectivity index (χ1) is 16.6. The minimum Gasteiger partial charge on any atom is -0.455 e. The molecule has 0 amide bonds. The summed E-state index contributed by atoms with van der Waals surface area (Å²) in [6.07, 6.45) is 7.11. The molecule has 0 radical (unpaired) electrons. The highest BCUT2D eigenvalue weighted by molar-refractivity contribution is 6.33. The summed E-state index contributed by atoms with van der Waals surface area (Å²) in [5.74, 6) is 1.67. The molecule has 1 aliphatic carbocycles. The van der Waals surface area contributed by atoms with Crippen molar-refractivity contribution in [2.24, 2.45) is 5.10 Å². The van der Waals surface area contributed by atoms with Crippen LogP contribution in [0.25, 0.3) is 22.6 Å². The maximum absolute atomic E-state index is 11.1. The first kappa shape index (κ1) is 21.8. The monoisotopic (exact) mass is 482 g/mol. The Morgan fingerprint density at radius 1 is 1.09 bits per heavy atom. The summed E-state index contributed by atoms with van der Waals surface area (Å²) in [5.41, 5.74) is 3.76. The second-order valence-electron chi connectivity index (χ2n) is 7.80. The molecule has 12 nitrogen and oxygen atoms in total. The fraction of sp³-hybridized carbons (Fsp3) is 0.286. The van der Waals surface area contributed by atoms with Crippen molar-refractivity contribution < 1.29 is 14.0 Å². The minimum absolute atomic E-state index is 0.0815. The molecule has 0 unspecified atom stereocenters. The van der Waals surface area contributed by atoms with Crippen LogP contribution < -0.4 is 10.7 Å². The van der Waals surface area contributed by atoms with Gasteiger partial charge in [-0.2, -0.15) is 10.1 Å². The van der Waals surface area contributed by atoms with Gasteiger partial charge in [0.25, 0.3) is 5.69 Å². The van der Waals surface area contributed by atoms with Crippen LogP contribution in [0.2, 0.25) is 5.02 Å². The van der Waals surface area contributed by atoms with E-state index >= 15 is 0 Å². The summed E-state index contributed by atoms with van der Waals surface area (Å²) >= 11 is 6.20. The number of hydrazone groups is 1. The fourth-order valence-electron chi connectivity index (χ4n) is 3.80. The van der Waals surface area contributed by atoms with Gasteiger partial charge in [0, 0.05) is 23.7 Å². The van der Waals surface area contributed by atoms with E-state index in [9.17, 15) is 10.1 Å². The highest BCUT2D eigenvalue weighted by Gasteiger charge is 2.19. The van der Waals surface area contributed by atoms with Crippen LogP contribution in [0.3, 0.4) is 0 Å². The molecule has 34 heavy (non-hydrogen) atoms. The van der Waals surface area contributed by atoms with E-state index < -0.39 is 4.92 Å². The van der Waals surface area contributed by atoms with Crippen LogP contribution >= 0.6 is 11.6 Å². The van der Waals surface area contributed by atoms with Crippen LogP contribution in [0, 0.1) is 10.1 Å². The number of anilines is 2. The SMILES string of the molecule is O=[N+]([O-])c1ccc(Cl)c(-c2ccc(/C=N/Nc3nc4nonc4nc3NC3CCCCC3)o2)c1. The third-order valence-electron chi connectivity index (χ3n) is 5.48. The zero-order valence-electron chi connectivity index (χ0n) is 17.8. The number of rotatable bonds is 7. The number of nitro groups is 1. The first-order valence-corrected chi connectivity index (χ1v) is 11.0. The van der Waals surface area contributed by atoms with E-state index in [0.717, 1.165) is 25.7 Å². The first-order valence-electron chi connectivity index (χ1n) is 10.7. The second kappa shape index (κ2) is 9.43. The van der Waals surface area contributed by atoms with E-state index in [1.165, 1.54) is 30.8 Å². The smallest absolute Gasteiger partial charge is 0.270 e. The number of benzene rings is 1. The number of furan rings is 1. The second-order valence-corrected chi connectivity index (χ2v) is 8.21. The van der Waals surface area contributed by atoms with Crippen molar-refractivity contribution in [2.45, 2.75) is 38.1 Å². The highest BCUT2D eigenvalue weighted by Crippen LogP contribution is 2.32. The van der Waals surface area contributed by atoms with Crippen molar-refractivity contribution in [3.8, 4) is 11.3 Å². The van der Waals surface area contributed by atoms with Crippen molar-refractivity contribution in [3.05, 3.63) is 51.2 Å². The Morgan fingerprint density at radius 2 is 1.85 bits per heavy atom. The molecule has 174 valence electrons. The lowest BCUT2D eigenvalue weighted by atomic mass is 9.95. The molecule has 0 saturated heterocycles. The van der Waals surface area contributed by atoms with Crippen molar-refractivity contribution >= 4 is 46.4 Å². The van der Waals surface area contributed by atoms with E-state index in [0.29, 0.717) is 39.4 Å². The molecule has 0 atom stereocenters. The Balaban J connectivity index is 1.35. The van der Waals surface area contributed by atoms with Crippen molar-refractivity contribution in [1.29, 1.82) is 0 Å². The van der Waals surface area contributed by atoms with Crippen LogP contribution in [-0.2, 0) is 0 Å². The van der Waals surface area contributed by atoms with Gasteiger partial charge in [0.1, 0.15) is 11.5 Å². The molecule has 4 aromatic rings. The molecule has 0 spiro atoms. The van der Waals surface area contributed by atoms with Gasteiger partial charge in [0.05, 0.1) is 16.2 Å². The fourth-order valence-corrected chi connectivity index (χ4v) is 4.01. The summed E-state index contributed by atoms with van der Waals surface area (Å²) in [5, 5.41) is 26.5. The topological polar surface area (TPSA) is 157 Å². The maximum atomic E-state index is 11.1. The average Bonchev–Trinajstić information content (AvgIpc) is 3.49. The van der Waals surface area contributed by atoms with Gasteiger partial charge in [-0.05, 0) is 41.4 Å².